The maximum absolute atomic E-state index is 11.2. The molecule has 0 saturated heterocycles. The third-order valence-corrected chi connectivity index (χ3v) is 2.74. The Balaban J connectivity index is 2.58. The fourth-order valence-electron chi connectivity index (χ4n) is 1.19. The van der Waals surface area contributed by atoms with Gasteiger partial charge in [-0.05, 0) is 12.2 Å². The SMILES string of the molecule is O=c1[nH]cnc2c1CCSC2. The Morgan fingerprint density at radius 1 is 1.64 bits per heavy atom. The van der Waals surface area contributed by atoms with Crippen molar-refractivity contribution in [2.75, 3.05) is 5.75 Å². The van der Waals surface area contributed by atoms with Crippen molar-refractivity contribution in [2.24, 2.45) is 0 Å². The quantitative estimate of drug-likeness (QED) is 0.615. The van der Waals surface area contributed by atoms with Crippen molar-refractivity contribution < 1.29 is 0 Å². The minimum atomic E-state index is 0.0373. The molecule has 0 aliphatic carbocycles. The van der Waals surface area contributed by atoms with E-state index in [1.165, 1.54) is 6.33 Å². The molecule has 11 heavy (non-hydrogen) atoms. The molecule has 2 rings (SSSR count). The molecule has 0 saturated carbocycles. The van der Waals surface area contributed by atoms with Gasteiger partial charge < -0.3 is 4.98 Å². The molecule has 1 aliphatic heterocycles. The zero-order valence-electron chi connectivity index (χ0n) is 5.96. The number of nitrogens with one attached hydrogen (secondary N) is 1. The maximum Gasteiger partial charge on any atom is 0.254 e. The second-order valence-corrected chi connectivity index (χ2v) is 3.56. The monoisotopic (exact) mass is 168 g/mol. The van der Waals surface area contributed by atoms with Crippen LogP contribution < -0.4 is 5.56 Å². The molecule has 2 heterocycles. The van der Waals surface area contributed by atoms with Gasteiger partial charge in [0.25, 0.3) is 5.56 Å². The van der Waals surface area contributed by atoms with E-state index in [4.69, 9.17) is 0 Å². The molecular weight excluding hydrogens is 160 g/mol. The predicted molar refractivity (Wildman–Crippen MR) is 44.7 cm³/mol. The molecule has 0 bridgehead atoms. The molecule has 0 spiro atoms. The zero-order chi connectivity index (χ0) is 7.68. The van der Waals surface area contributed by atoms with E-state index in [-0.39, 0.29) is 5.56 Å². The molecule has 0 unspecified atom stereocenters. The Labute approximate surface area is 68.2 Å². The Morgan fingerprint density at radius 3 is 3.36 bits per heavy atom. The lowest BCUT2D eigenvalue weighted by molar-refractivity contribution is 0.940. The number of fused-ring (bicyclic) bond motifs is 1. The molecule has 1 aromatic rings. The first-order chi connectivity index (χ1) is 5.38. The number of H-pyrrole nitrogens is 1. The van der Waals surface area contributed by atoms with Crippen LogP contribution in [0.3, 0.4) is 0 Å². The normalized spacial score (nSPS) is 16.0. The van der Waals surface area contributed by atoms with E-state index >= 15 is 0 Å². The molecule has 1 aliphatic rings. The first-order valence-electron chi connectivity index (χ1n) is 3.51. The molecule has 0 aromatic carbocycles. The van der Waals surface area contributed by atoms with Crippen LogP contribution in [0.5, 0.6) is 0 Å². The Bertz CT molecular complexity index is 320. The summed E-state index contributed by atoms with van der Waals surface area (Å²) in [5, 5.41) is 0. The van der Waals surface area contributed by atoms with Crippen LogP contribution in [0.25, 0.3) is 0 Å². The number of nitrogens with zero attached hydrogens (tertiary/aromatic N) is 1. The zero-order valence-corrected chi connectivity index (χ0v) is 6.78. The van der Waals surface area contributed by atoms with Gasteiger partial charge in [0, 0.05) is 11.3 Å². The van der Waals surface area contributed by atoms with Crippen molar-refractivity contribution >= 4 is 11.8 Å². The molecule has 0 radical (unpaired) electrons. The van der Waals surface area contributed by atoms with E-state index < -0.39 is 0 Å². The van der Waals surface area contributed by atoms with E-state index in [1.54, 1.807) is 0 Å². The summed E-state index contributed by atoms with van der Waals surface area (Å²) in [6.45, 7) is 0. The molecule has 0 atom stereocenters. The predicted octanol–water partition coefficient (Wildman–Crippen LogP) is 0.559. The van der Waals surface area contributed by atoms with Crippen LogP contribution in [0.2, 0.25) is 0 Å². The second kappa shape index (κ2) is 2.70. The van der Waals surface area contributed by atoms with Crippen molar-refractivity contribution in [3.63, 3.8) is 0 Å². The van der Waals surface area contributed by atoms with Gasteiger partial charge in [0.15, 0.2) is 0 Å². The van der Waals surface area contributed by atoms with Crippen molar-refractivity contribution in [1.29, 1.82) is 0 Å². The third-order valence-electron chi connectivity index (χ3n) is 1.77. The molecular formula is C7H8N2OS. The highest BCUT2D eigenvalue weighted by atomic mass is 32.2. The summed E-state index contributed by atoms with van der Waals surface area (Å²) in [5.41, 5.74) is 1.88. The summed E-state index contributed by atoms with van der Waals surface area (Å²) in [5.74, 6) is 1.93. The summed E-state index contributed by atoms with van der Waals surface area (Å²) >= 11 is 1.83. The summed E-state index contributed by atoms with van der Waals surface area (Å²) in [7, 11) is 0. The standard InChI is InChI=1S/C7H8N2OS/c10-7-5-1-2-11-3-6(5)8-4-9-7/h4H,1-3H2,(H,8,9,10). The number of aromatic amines is 1. The highest BCUT2D eigenvalue weighted by Gasteiger charge is 2.12. The molecule has 58 valence electrons. The van der Waals surface area contributed by atoms with Gasteiger partial charge in [-0.25, -0.2) is 4.98 Å². The van der Waals surface area contributed by atoms with E-state index in [0.29, 0.717) is 0 Å². The van der Waals surface area contributed by atoms with Gasteiger partial charge in [0.05, 0.1) is 12.0 Å². The highest BCUT2D eigenvalue weighted by molar-refractivity contribution is 7.98. The van der Waals surface area contributed by atoms with E-state index in [1.807, 2.05) is 11.8 Å². The van der Waals surface area contributed by atoms with Crippen molar-refractivity contribution in [2.45, 2.75) is 12.2 Å². The molecule has 3 nitrogen and oxygen atoms in total. The van der Waals surface area contributed by atoms with Gasteiger partial charge >= 0.3 is 0 Å². The summed E-state index contributed by atoms with van der Waals surface area (Å²) in [6.07, 6.45) is 2.34. The molecule has 4 heteroatoms. The largest absolute Gasteiger partial charge is 0.313 e. The maximum atomic E-state index is 11.2. The van der Waals surface area contributed by atoms with Crippen LogP contribution in [0, 0.1) is 0 Å². The van der Waals surface area contributed by atoms with Crippen molar-refractivity contribution in [3.8, 4) is 0 Å². The van der Waals surface area contributed by atoms with Crippen molar-refractivity contribution in [3.05, 3.63) is 27.9 Å². The van der Waals surface area contributed by atoms with Gasteiger partial charge in [-0.3, -0.25) is 4.79 Å². The van der Waals surface area contributed by atoms with Crippen LogP contribution in [0.1, 0.15) is 11.3 Å². The van der Waals surface area contributed by atoms with Crippen LogP contribution in [0.4, 0.5) is 0 Å². The van der Waals surface area contributed by atoms with Crippen LogP contribution in [0.15, 0.2) is 11.1 Å². The lowest BCUT2D eigenvalue weighted by Gasteiger charge is -2.11. The average molecular weight is 168 g/mol. The molecule has 0 fully saturated rings. The summed E-state index contributed by atoms with van der Waals surface area (Å²) < 4.78 is 0. The fraction of sp³-hybridized carbons (Fsp3) is 0.429. The van der Waals surface area contributed by atoms with Gasteiger partial charge in [-0.15, -0.1) is 0 Å². The number of rotatable bonds is 0. The highest BCUT2D eigenvalue weighted by Crippen LogP contribution is 2.18. The summed E-state index contributed by atoms with van der Waals surface area (Å²) in [6, 6.07) is 0. The number of hydrogen-bond acceptors (Lipinski definition) is 3. The first-order valence-corrected chi connectivity index (χ1v) is 4.66. The Kier molecular flexibility index (Phi) is 1.69. The molecule has 1 N–H and O–H groups in total. The summed E-state index contributed by atoms with van der Waals surface area (Å²) in [4.78, 5) is 17.8. The molecule has 1 aromatic heterocycles. The topological polar surface area (TPSA) is 45.8 Å². The van der Waals surface area contributed by atoms with Crippen LogP contribution in [-0.4, -0.2) is 15.7 Å². The molecule has 0 amide bonds. The van der Waals surface area contributed by atoms with Crippen LogP contribution in [-0.2, 0) is 12.2 Å². The average Bonchev–Trinajstić information content (AvgIpc) is 2.06. The van der Waals surface area contributed by atoms with Gasteiger partial charge in [0.1, 0.15) is 0 Å². The first kappa shape index (κ1) is 6.91. The fourth-order valence-corrected chi connectivity index (χ4v) is 2.13. The third kappa shape index (κ3) is 1.18. The van der Waals surface area contributed by atoms with Gasteiger partial charge in [0.2, 0.25) is 0 Å². The Morgan fingerprint density at radius 2 is 2.55 bits per heavy atom. The second-order valence-electron chi connectivity index (χ2n) is 2.46. The number of hydrogen-bond donors (Lipinski definition) is 1. The van der Waals surface area contributed by atoms with E-state index in [2.05, 4.69) is 9.97 Å². The smallest absolute Gasteiger partial charge is 0.254 e. The van der Waals surface area contributed by atoms with Crippen LogP contribution >= 0.6 is 11.8 Å². The number of aromatic nitrogens is 2. The van der Waals surface area contributed by atoms with E-state index in [9.17, 15) is 4.79 Å². The lowest BCUT2D eigenvalue weighted by Crippen LogP contribution is -2.19. The van der Waals surface area contributed by atoms with E-state index in [0.717, 1.165) is 29.2 Å². The van der Waals surface area contributed by atoms with Gasteiger partial charge in [-0.2, -0.15) is 11.8 Å². The van der Waals surface area contributed by atoms with Gasteiger partial charge in [-0.1, -0.05) is 0 Å². The number of thioether (sulfide) groups is 1. The lowest BCUT2D eigenvalue weighted by atomic mass is 10.2. The minimum Gasteiger partial charge on any atom is -0.313 e. The Hall–Kier alpha value is -0.770. The van der Waals surface area contributed by atoms with Crippen molar-refractivity contribution in [1.82, 2.24) is 9.97 Å². The minimum absolute atomic E-state index is 0.0373.